The van der Waals surface area contributed by atoms with Crippen LogP contribution < -0.4 is 5.32 Å². The highest BCUT2D eigenvalue weighted by Gasteiger charge is 2.20. The average Bonchev–Trinajstić information content (AvgIpc) is 2.57. The minimum Gasteiger partial charge on any atom is -0.452 e. The Morgan fingerprint density at radius 2 is 1.92 bits per heavy atom. The second-order valence-corrected chi connectivity index (χ2v) is 5.47. The molecular weight excluding hydrogens is 326 g/mol. The number of esters is 1. The number of anilines is 1. The maximum absolute atomic E-state index is 12.0. The molecule has 0 bridgehead atoms. The van der Waals surface area contributed by atoms with Crippen molar-refractivity contribution in [3.63, 3.8) is 0 Å². The number of ether oxygens (including phenoxy) is 1. The number of carbonyl (C=O) groups is 2. The minimum atomic E-state index is -0.696. The fourth-order valence-electron chi connectivity index (χ4n) is 2.09. The lowest BCUT2D eigenvalue weighted by Gasteiger charge is -2.11. The first-order chi connectivity index (χ1) is 11.8. The summed E-state index contributed by atoms with van der Waals surface area (Å²) in [4.78, 5) is 38.4. The van der Waals surface area contributed by atoms with Gasteiger partial charge in [-0.05, 0) is 44.0 Å². The van der Waals surface area contributed by atoms with Crippen molar-refractivity contribution < 1.29 is 19.2 Å². The van der Waals surface area contributed by atoms with E-state index < -0.39 is 23.4 Å². The lowest BCUT2D eigenvalue weighted by molar-refractivity contribution is -0.384. The largest absolute Gasteiger partial charge is 0.452 e. The van der Waals surface area contributed by atoms with Crippen LogP contribution in [0.3, 0.4) is 0 Å². The van der Waals surface area contributed by atoms with Gasteiger partial charge in [-0.25, -0.2) is 4.79 Å². The van der Waals surface area contributed by atoms with Gasteiger partial charge in [0, 0.05) is 18.0 Å². The second kappa shape index (κ2) is 7.52. The van der Waals surface area contributed by atoms with Crippen molar-refractivity contribution in [1.29, 1.82) is 0 Å². The molecule has 0 fully saturated rings. The number of nitro groups is 1. The first-order valence-corrected chi connectivity index (χ1v) is 7.44. The first kappa shape index (κ1) is 18.1. The van der Waals surface area contributed by atoms with E-state index in [0.29, 0.717) is 5.56 Å². The summed E-state index contributed by atoms with van der Waals surface area (Å²) >= 11 is 0. The molecule has 0 saturated heterocycles. The Balaban J connectivity index is 2.06. The van der Waals surface area contributed by atoms with Crippen molar-refractivity contribution in [2.24, 2.45) is 0 Å². The van der Waals surface area contributed by atoms with Crippen LogP contribution in [0.4, 0.5) is 11.4 Å². The Labute approximate surface area is 144 Å². The quantitative estimate of drug-likeness (QED) is 0.507. The predicted molar refractivity (Wildman–Crippen MR) is 90.5 cm³/mol. The molecule has 25 heavy (non-hydrogen) atoms. The molecule has 8 nitrogen and oxygen atoms in total. The first-order valence-electron chi connectivity index (χ1n) is 7.44. The van der Waals surface area contributed by atoms with E-state index in [1.54, 1.807) is 32.9 Å². The van der Waals surface area contributed by atoms with E-state index >= 15 is 0 Å². The maximum atomic E-state index is 12.0. The summed E-state index contributed by atoms with van der Waals surface area (Å²) in [6, 6.07) is 6.11. The molecule has 1 aromatic carbocycles. The maximum Gasteiger partial charge on any atom is 0.340 e. The van der Waals surface area contributed by atoms with E-state index in [4.69, 9.17) is 4.74 Å². The van der Waals surface area contributed by atoms with E-state index in [-0.39, 0.29) is 16.9 Å². The lowest BCUT2D eigenvalue weighted by atomic mass is 10.1. The Morgan fingerprint density at radius 3 is 2.52 bits per heavy atom. The molecule has 0 aliphatic heterocycles. The van der Waals surface area contributed by atoms with Crippen LogP contribution in [0.25, 0.3) is 0 Å². The molecule has 1 heterocycles. The summed E-state index contributed by atoms with van der Waals surface area (Å²) in [6.45, 7) is 4.66. The number of hydrogen-bond donors (Lipinski definition) is 1. The number of amides is 1. The standard InChI is InChI=1S/C17H17N3O5/c1-10-4-7-14(20(23)24)16(12(10)3)19-15(21)9-25-17(22)13-6-5-11(2)18-8-13/h4-8H,9H2,1-3H3,(H,19,21). The average molecular weight is 343 g/mol. The molecule has 1 amide bonds. The van der Waals surface area contributed by atoms with Crippen LogP contribution in [0, 0.1) is 30.9 Å². The molecule has 0 aliphatic rings. The van der Waals surface area contributed by atoms with Crippen LogP contribution in [0.5, 0.6) is 0 Å². The van der Waals surface area contributed by atoms with Crippen molar-refractivity contribution in [3.05, 3.63) is 63.0 Å². The SMILES string of the molecule is Cc1ccc(C(=O)OCC(=O)Nc2c([N+](=O)[O-])ccc(C)c2C)cn1. The van der Waals surface area contributed by atoms with Crippen molar-refractivity contribution in [2.75, 3.05) is 11.9 Å². The molecular formula is C17H17N3O5. The molecule has 0 atom stereocenters. The third-order valence-electron chi connectivity index (χ3n) is 3.66. The van der Waals surface area contributed by atoms with Crippen molar-refractivity contribution >= 4 is 23.3 Å². The van der Waals surface area contributed by atoms with Gasteiger partial charge in [0.1, 0.15) is 5.69 Å². The molecule has 0 unspecified atom stereocenters. The Kier molecular flexibility index (Phi) is 5.43. The van der Waals surface area contributed by atoms with Gasteiger partial charge in [-0.2, -0.15) is 0 Å². The molecule has 130 valence electrons. The summed E-state index contributed by atoms with van der Waals surface area (Å²) < 4.78 is 4.91. The number of pyridine rings is 1. The van der Waals surface area contributed by atoms with E-state index in [2.05, 4.69) is 10.3 Å². The minimum absolute atomic E-state index is 0.100. The van der Waals surface area contributed by atoms with Crippen LogP contribution in [0.1, 0.15) is 27.2 Å². The van der Waals surface area contributed by atoms with Gasteiger partial charge >= 0.3 is 5.97 Å². The molecule has 8 heteroatoms. The van der Waals surface area contributed by atoms with E-state index in [1.807, 2.05) is 0 Å². The Hall–Kier alpha value is -3.29. The number of nitrogens with one attached hydrogen (secondary N) is 1. The topological polar surface area (TPSA) is 111 Å². The van der Waals surface area contributed by atoms with Gasteiger partial charge in [0.15, 0.2) is 6.61 Å². The van der Waals surface area contributed by atoms with Crippen molar-refractivity contribution in [2.45, 2.75) is 20.8 Å². The van der Waals surface area contributed by atoms with Gasteiger partial charge in [0.05, 0.1) is 10.5 Å². The molecule has 0 saturated carbocycles. The Morgan fingerprint density at radius 1 is 1.20 bits per heavy atom. The lowest BCUT2D eigenvalue weighted by Crippen LogP contribution is -2.22. The predicted octanol–water partition coefficient (Wildman–Crippen LogP) is 2.71. The smallest absolute Gasteiger partial charge is 0.340 e. The fraction of sp³-hybridized carbons (Fsp3) is 0.235. The van der Waals surface area contributed by atoms with Crippen LogP contribution in [0.2, 0.25) is 0 Å². The molecule has 0 spiro atoms. The van der Waals surface area contributed by atoms with Gasteiger partial charge in [-0.15, -0.1) is 0 Å². The molecule has 1 aromatic heterocycles. The summed E-state index contributed by atoms with van der Waals surface area (Å²) in [6.07, 6.45) is 1.35. The van der Waals surface area contributed by atoms with Crippen LogP contribution in [-0.4, -0.2) is 28.4 Å². The van der Waals surface area contributed by atoms with Crippen LogP contribution in [-0.2, 0) is 9.53 Å². The highest BCUT2D eigenvalue weighted by atomic mass is 16.6. The second-order valence-electron chi connectivity index (χ2n) is 5.47. The van der Waals surface area contributed by atoms with Crippen molar-refractivity contribution in [1.82, 2.24) is 4.98 Å². The van der Waals surface area contributed by atoms with E-state index in [9.17, 15) is 19.7 Å². The highest BCUT2D eigenvalue weighted by Crippen LogP contribution is 2.30. The number of benzene rings is 1. The van der Waals surface area contributed by atoms with Gasteiger partial charge in [0.2, 0.25) is 0 Å². The molecule has 0 radical (unpaired) electrons. The normalized spacial score (nSPS) is 10.2. The Bertz CT molecular complexity index is 831. The molecule has 2 rings (SSSR count). The van der Waals surface area contributed by atoms with Gasteiger partial charge in [0.25, 0.3) is 11.6 Å². The highest BCUT2D eigenvalue weighted by molar-refractivity contribution is 5.97. The molecule has 0 aliphatic carbocycles. The zero-order valence-corrected chi connectivity index (χ0v) is 14.0. The van der Waals surface area contributed by atoms with Gasteiger partial charge in [-0.1, -0.05) is 6.07 Å². The van der Waals surface area contributed by atoms with Crippen LogP contribution in [0.15, 0.2) is 30.5 Å². The molecule has 1 N–H and O–H groups in total. The number of rotatable bonds is 5. The van der Waals surface area contributed by atoms with Crippen molar-refractivity contribution in [3.8, 4) is 0 Å². The summed E-state index contributed by atoms with van der Waals surface area (Å²) in [7, 11) is 0. The molecule has 2 aromatic rings. The number of aryl methyl sites for hydroxylation is 2. The zero-order chi connectivity index (χ0) is 18.6. The summed E-state index contributed by atoms with van der Waals surface area (Å²) in [5.74, 6) is -1.36. The number of carbonyl (C=O) groups excluding carboxylic acids is 2. The summed E-state index contributed by atoms with van der Waals surface area (Å²) in [5, 5.41) is 13.6. The number of aromatic nitrogens is 1. The van der Waals surface area contributed by atoms with E-state index in [1.165, 1.54) is 18.3 Å². The van der Waals surface area contributed by atoms with Gasteiger partial charge < -0.3 is 10.1 Å². The zero-order valence-electron chi connectivity index (χ0n) is 14.0. The fourth-order valence-corrected chi connectivity index (χ4v) is 2.09. The number of nitrogens with zero attached hydrogens (tertiary/aromatic N) is 2. The van der Waals surface area contributed by atoms with Gasteiger partial charge in [-0.3, -0.25) is 19.9 Å². The third-order valence-corrected chi connectivity index (χ3v) is 3.66. The monoisotopic (exact) mass is 343 g/mol. The summed E-state index contributed by atoms with van der Waals surface area (Å²) in [5.41, 5.74) is 2.22. The third kappa shape index (κ3) is 4.37. The van der Waals surface area contributed by atoms with Crippen LogP contribution >= 0.6 is 0 Å². The van der Waals surface area contributed by atoms with E-state index in [0.717, 1.165) is 11.3 Å². The number of nitro benzene ring substituents is 1. The number of hydrogen-bond acceptors (Lipinski definition) is 6.